The molecule has 1 aromatic carbocycles. The zero-order valence-corrected chi connectivity index (χ0v) is 10.4. The fraction of sp³-hybridized carbons (Fsp3) is 0.300. The maximum Gasteiger partial charge on any atom is 0.153 e. The van der Waals surface area contributed by atoms with Crippen molar-refractivity contribution < 1.29 is 9.60 Å². The van der Waals surface area contributed by atoms with Crippen LogP contribution in [-0.2, 0) is 6.54 Å². The summed E-state index contributed by atoms with van der Waals surface area (Å²) < 4.78 is 14.2. The number of hydrogen-bond acceptors (Lipinski definition) is 3. The van der Waals surface area contributed by atoms with Crippen molar-refractivity contribution in [3.05, 3.63) is 34.1 Å². The van der Waals surface area contributed by atoms with Crippen molar-refractivity contribution in [1.82, 2.24) is 4.90 Å². The van der Waals surface area contributed by atoms with Gasteiger partial charge in [-0.3, -0.25) is 4.90 Å². The van der Waals surface area contributed by atoms with Crippen LogP contribution in [0.1, 0.15) is 5.56 Å². The van der Waals surface area contributed by atoms with Crippen molar-refractivity contribution >= 4 is 21.8 Å². The quantitative estimate of drug-likeness (QED) is 0.384. The van der Waals surface area contributed by atoms with Gasteiger partial charge in [-0.05, 0) is 19.2 Å². The fourth-order valence-electron chi connectivity index (χ4n) is 1.30. The van der Waals surface area contributed by atoms with E-state index in [0.29, 0.717) is 16.6 Å². The van der Waals surface area contributed by atoms with E-state index in [2.05, 4.69) is 21.1 Å². The molecule has 4 nitrogen and oxygen atoms in total. The molecule has 0 bridgehead atoms. The average Bonchev–Trinajstić information content (AvgIpc) is 2.22. The van der Waals surface area contributed by atoms with E-state index in [9.17, 15) is 4.39 Å². The van der Waals surface area contributed by atoms with E-state index < -0.39 is 0 Å². The van der Waals surface area contributed by atoms with Crippen LogP contribution >= 0.6 is 15.9 Å². The summed E-state index contributed by atoms with van der Waals surface area (Å²) in [5, 5.41) is 11.3. The summed E-state index contributed by atoms with van der Waals surface area (Å²) in [6, 6.07) is 4.88. The number of nitrogens with zero attached hydrogens (tertiary/aromatic N) is 2. The Hall–Kier alpha value is -1.14. The lowest BCUT2D eigenvalue weighted by Gasteiger charge is -2.16. The van der Waals surface area contributed by atoms with Crippen molar-refractivity contribution in [2.75, 3.05) is 13.6 Å². The highest BCUT2D eigenvalue weighted by atomic mass is 79.9. The molecule has 0 saturated heterocycles. The molecule has 0 saturated carbocycles. The summed E-state index contributed by atoms with van der Waals surface area (Å²) >= 11 is 3.19. The van der Waals surface area contributed by atoms with Crippen LogP contribution in [0.15, 0.2) is 27.8 Å². The lowest BCUT2D eigenvalue weighted by Crippen LogP contribution is -2.30. The van der Waals surface area contributed by atoms with Gasteiger partial charge in [0.1, 0.15) is 5.82 Å². The zero-order chi connectivity index (χ0) is 12.1. The number of halogens is 2. The molecule has 0 fully saturated rings. The molecule has 0 aliphatic rings. The lowest BCUT2D eigenvalue weighted by atomic mass is 10.2. The standard InChI is InChI=1S/C10H13BrFN3O/c1-15(6-10(13)14-16)5-7-2-3-8(11)4-9(7)12/h2-4,16H,5-6H2,1H3,(H2,13,14). The van der Waals surface area contributed by atoms with Gasteiger partial charge in [0.05, 0.1) is 6.54 Å². The molecule has 0 atom stereocenters. The highest BCUT2D eigenvalue weighted by molar-refractivity contribution is 9.10. The highest BCUT2D eigenvalue weighted by Crippen LogP contribution is 2.16. The first-order valence-electron chi connectivity index (χ1n) is 4.62. The van der Waals surface area contributed by atoms with Crippen molar-refractivity contribution in [2.45, 2.75) is 6.54 Å². The Morgan fingerprint density at radius 2 is 2.31 bits per heavy atom. The van der Waals surface area contributed by atoms with Crippen LogP contribution in [0.25, 0.3) is 0 Å². The normalized spacial score (nSPS) is 12.1. The van der Waals surface area contributed by atoms with Crippen LogP contribution in [0, 0.1) is 5.82 Å². The van der Waals surface area contributed by atoms with Crippen molar-refractivity contribution in [2.24, 2.45) is 10.9 Å². The second-order valence-corrected chi connectivity index (χ2v) is 4.42. The Kier molecular flexibility index (Phi) is 4.70. The van der Waals surface area contributed by atoms with Gasteiger partial charge in [0.15, 0.2) is 5.84 Å². The molecule has 88 valence electrons. The lowest BCUT2D eigenvalue weighted by molar-refractivity contribution is 0.307. The van der Waals surface area contributed by atoms with Crippen LogP contribution in [0.5, 0.6) is 0 Å². The van der Waals surface area contributed by atoms with Gasteiger partial charge in [-0.2, -0.15) is 0 Å². The second-order valence-electron chi connectivity index (χ2n) is 3.50. The first-order chi connectivity index (χ1) is 7.52. The monoisotopic (exact) mass is 289 g/mol. The average molecular weight is 290 g/mol. The second kappa shape index (κ2) is 5.81. The van der Waals surface area contributed by atoms with Crippen LogP contribution in [0.3, 0.4) is 0 Å². The molecule has 0 unspecified atom stereocenters. The van der Waals surface area contributed by atoms with E-state index in [0.717, 1.165) is 0 Å². The molecule has 0 spiro atoms. The SMILES string of the molecule is CN(CC(N)=NO)Cc1ccc(Br)cc1F. The molecule has 0 aliphatic carbocycles. The van der Waals surface area contributed by atoms with Gasteiger partial charge in [0, 0.05) is 16.6 Å². The minimum Gasteiger partial charge on any atom is -0.409 e. The molecule has 1 aromatic rings. The predicted molar refractivity (Wildman–Crippen MR) is 63.8 cm³/mol. The molecule has 0 aliphatic heterocycles. The van der Waals surface area contributed by atoms with Gasteiger partial charge < -0.3 is 10.9 Å². The third-order valence-electron chi connectivity index (χ3n) is 2.02. The number of oxime groups is 1. The Morgan fingerprint density at radius 3 is 2.88 bits per heavy atom. The zero-order valence-electron chi connectivity index (χ0n) is 8.82. The summed E-state index contributed by atoms with van der Waals surface area (Å²) in [6.07, 6.45) is 0. The third kappa shape index (κ3) is 3.79. The van der Waals surface area contributed by atoms with Crippen molar-refractivity contribution in [3.63, 3.8) is 0 Å². The first-order valence-corrected chi connectivity index (χ1v) is 5.41. The van der Waals surface area contributed by atoms with Crippen molar-refractivity contribution in [3.8, 4) is 0 Å². The van der Waals surface area contributed by atoms with E-state index in [1.54, 1.807) is 24.1 Å². The number of amidine groups is 1. The van der Waals surface area contributed by atoms with Crippen LogP contribution in [0.4, 0.5) is 4.39 Å². The number of hydrogen-bond donors (Lipinski definition) is 2. The van der Waals surface area contributed by atoms with Crippen LogP contribution in [0.2, 0.25) is 0 Å². The van der Waals surface area contributed by atoms with Gasteiger partial charge in [0.2, 0.25) is 0 Å². The molecule has 0 heterocycles. The topological polar surface area (TPSA) is 61.8 Å². The maximum atomic E-state index is 13.5. The van der Waals surface area contributed by atoms with E-state index in [1.165, 1.54) is 6.07 Å². The van der Waals surface area contributed by atoms with Crippen LogP contribution in [-0.4, -0.2) is 29.5 Å². The molecular formula is C10H13BrFN3O. The van der Waals surface area contributed by atoms with Gasteiger partial charge >= 0.3 is 0 Å². The summed E-state index contributed by atoms with van der Waals surface area (Å²) in [5.74, 6) is -0.180. The fourth-order valence-corrected chi connectivity index (χ4v) is 1.64. The van der Waals surface area contributed by atoms with Gasteiger partial charge in [-0.25, -0.2) is 4.39 Å². The smallest absolute Gasteiger partial charge is 0.153 e. The molecule has 0 aromatic heterocycles. The molecule has 1 rings (SSSR count). The van der Waals surface area contributed by atoms with Gasteiger partial charge in [-0.1, -0.05) is 27.2 Å². The molecule has 6 heteroatoms. The minimum absolute atomic E-state index is 0.0972. The molecular weight excluding hydrogens is 277 g/mol. The summed E-state index contributed by atoms with van der Waals surface area (Å²) in [4.78, 5) is 1.75. The van der Waals surface area contributed by atoms with E-state index in [1.807, 2.05) is 0 Å². The summed E-state index contributed by atoms with van der Waals surface area (Å²) in [7, 11) is 1.76. The Bertz CT molecular complexity index is 398. The van der Waals surface area contributed by atoms with Crippen molar-refractivity contribution in [1.29, 1.82) is 0 Å². The van der Waals surface area contributed by atoms with Gasteiger partial charge in [0.25, 0.3) is 0 Å². The Morgan fingerprint density at radius 1 is 1.62 bits per heavy atom. The Labute approximate surface area is 102 Å². The highest BCUT2D eigenvalue weighted by Gasteiger charge is 2.07. The molecule has 3 N–H and O–H groups in total. The predicted octanol–water partition coefficient (Wildman–Crippen LogP) is 1.77. The third-order valence-corrected chi connectivity index (χ3v) is 2.51. The Balaban J connectivity index is 2.66. The first kappa shape index (κ1) is 12.9. The molecule has 16 heavy (non-hydrogen) atoms. The largest absolute Gasteiger partial charge is 0.409 e. The number of nitrogens with two attached hydrogens (primary N) is 1. The number of likely N-dealkylation sites (N-methyl/N-ethyl adjacent to an activating group) is 1. The van der Waals surface area contributed by atoms with Gasteiger partial charge in [-0.15, -0.1) is 0 Å². The summed E-state index contributed by atoms with van der Waals surface area (Å²) in [6.45, 7) is 0.682. The van der Waals surface area contributed by atoms with E-state index in [-0.39, 0.29) is 18.2 Å². The molecule has 0 amide bonds. The number of rotatable bonds is 4. The minimum atomic E-state index is -0.277. The number of benzene rings is 1. The van der Waals surface area contributed by atoms with Crippen LogP contribution < -0.4 is 5.73 Å². The van der Waals surface area contributed by atoms with E-state index in [4.69, 9.17) is 10.9 Å². The molecule has 0 radical (unpaired) electrons. The summed E-state index contributed by atoms with van der Waals surface area (Å²) in [5.41, 5.74) is 5.91. The van der Waals surface area contributed by atoms with E-state index >= 15 is 0 Å². The maximum absolute atomic E-state index is 13.5.